The first-order chi connectivity index (χ1) is 8.78. The van der Waals surface area contributed by atoms with Gasteiger partial charge in [-0.2, -0.15) is 0 Å². The van der Waals surface area contributed by atoms with Crippen LogP contribution in [-0.2, 0) is 6.54 Å². The van der Waals surface area contributed by atoms with E-state index in [0.717, 1.165) is 29.4 Å². The molecule has 0 radical (unpaired) electrons. The molecule has 0 unspecified atom stereocenters. The van der Waals surface area contributed by atoms with Crippen LogP contribution >= 0.6 is 0 Å². The lowest BCUT2D eigenvalue weighted by molar-refractivity contribution is 0.983. The zero-order valence-electron chi connectivity index (χ0n) is 10.6. The second-order valence-electron chi connectivity index (χ2n) is 3.96. The predicted molar refractivity (Wildman–Crippen MR) is 72.5 cm³/mol. The third-order valence-electron chi connectivity index (χ3n) is 2.43. The fourth-order valence-electron chi connectivity index (χ4n) is 1.52. The molecule has 0 aliphatic heterocycles. The predicted octanol–water partition coefficient (Wildman–Crippen LogP) is 2.22. The summed E-state index contributed by atoms with van der Waals surface area (Å²) < 4.78 is 0. The van der Waals surface area contributed by atoms with Crippen molar-refractivity contribution in [2.75, 3.05) is 17.2 Å². The molecule has 0 saturated carbocycles. The minimum atomic E-state index is 0.656. The minimum Gasteiger partial charge on any atom is -0.379 e. The fourth-order valence-corrected chi connectivity index (χ4v) is 1.52. The van der Waals surface area contributed by atoms with Crippen LogP contribution in [0.3, 0.4) is 0 Å². The highest BCUT2D eigenvalue weighted by Gasteiger charge is 1.98. The van der Waals surface area contributed by atoms with E-state index in [-0.39, 0.29) is 0 Å². The molecule has 0 fully saturated rings. The van der Waals surface area contributed by atoms with Crippen molar-refractivity contribution >= 4 is 11.5 Å². The number of nitrogens with zero attached hydrogens (tertiary/aromatic N) is 3. The molecule has 0 saturated heterocycles. The summed E-state index contributed by atoms with van der Waals surface area (Å²) in [6.45, 7) is 5.49. The van der Waals surface area contributed by atoms with Crippen LogP contribution in [0.4, 0.5) is 11.5 Å². The molecule has 0 bridgehead atoms. The summed E-state index contributed by atoms with van der Waals surface area (Å²) in [5.74, 6) is 0.873. The van der Waals surface area contributed by atoms with E-state index >= 15 is 0 Å². The van der Waals surface area contributed by atoms with Crippen LogP contribution in [-0.4, -0.2) is 21.5 Å². The molecule has 0 amide bonds. The number of aryl methyl sites for hydroxylation is 1. The van der Waals surface area contributed by atoms with Crippen molar-refractivity contribution in [3.8, 4) is 0 Å². The maximum Gasteiger partial charge on any atom is 0.127 e. The van der Waals surface area contributed by atoms with Gasteiger partial charge in [0.1, 0.15) is 5.82 Å². The van der Waals surface area contributed by atoms with Gasteiger partial charge in [-0.3, -0.25) is 9.97 Å². The van der Waals surface area contributed by atoms with Crippen LogP contribution in [0.5, 0.6) is 0 Å². The van der Waals surface area contributed by atoms with Crippen molar-refractivity contribution in [3.63, 3.8) is 0 Å². The highest BCUT2D eigenvalue weighted by atomic mass is 15.0. The van der Waals surface area contributed by atoms with E-state index in [2.05, 4.69) is 25.6 Å². The molecule has 0 aromatic carbocycles. The zero-order valence-corrected chi connectivity index (χ0v) is 10.6. The Labute approximate surface area is 107 Å². The molecule has 94 valence electrons. The van der Waals surface area contributed by atoms with Crippen LogP contribution in [0.15, 0.2) is 30.7 Å². The fraction of sp³-hybridized carbons (Fsp3) is 0.308. The quantitative estimate of drug-likeness (QED) is 0.843. The Hall–Kier alpha value is -2.17. The van der Waals surface area contributed by atoms with Gasteiger partial charge in [0.2, 0.25) is 0 Å². The van der Waals surface area contributed by atoms with Gasteiger partial charge in [-0.1, -0.05) is 0 Å². The largest absolute Gasteiger partial charge is 0.379 e. The molecule has 18 heavy (non-hydrogen) atoms. The summed E-state index contributed by atoms with van der Waals surface area (Å²) >= 11 is 0. The molecular formula is C13H17N5. The maximum absolute atomic E-state index is 4.30. The minimum absolute atomic E-state index is 0.656. The van der Waals surface area contributed by atoms with Gasteiger partial charge in [0.25, 0.3) is 0 Å². The standard InChI is InChI=1S/C13H17N5/c1-3-14-13-6-11(4-5-15-13)18-9-12-8-16-10(2)7-17-12/h4-8H,3,9H2,1-2H3,(H2,14,15,18). The van der Waals surface area contributed by atoms with E-state index in [1.165, 1.54) is 0 Å². The Bertz CT molecular complexity index is 495. The zero-order chi connectivity index (χ0) is 12.8. The summed E-state index contributed by atoms with van der Waals surface area (Å²) in [4.78, 5) is 12.7. The Morgan fingerprint density at radius 3 is 2.72 bits per heavy atom. The Morgan fingerprint density at radius 2 is 2.00 bits per heavy atom. The van der Waals surface area contributed by atoms with Gasteiger partial charge in [0.05, 0.1) is 24.1 Å². The highest BCUT2D eigenvalue weighted by molar-refractivity contribution is 5.51. The van der Waals surface area contributed by atoms with E-state index in [0.29, 0.717) is 6.54 Å². The van der Waals surface area contributed by atoms with Crippen LogP contribution in [0.2, 0.25) is 0 Å². The lowest BCUT2D eigenvalue weighted by atomic mass is 10.3. The normalized spacial score (nSPS) is 10.1. The lowest BCUT2D eigenvalue weighted by Crippen LogP contribution is -2.04. The van der Waals surface area contributed by atoms with Crippen molar-refractivity contribution < 1.29 is 0 Å². The summed E-state index contributed by atoms with van der Waals surface area (Å²) in [6.07, 6.45) is 5.34. The second-order valence-corrected chi connectivity index (χ2v) is 3.96. The summed E-state index contributed by atoms with van der Waals surface area (Å²) in [5.41, 5.74) is 2.86. The van der Waals surface area contributed by atoms with Crippen LogP contribution in [0, 0.1) is 6.92 Å². The van der Waals surface area contributed by atoms with Crippen molar-refractivity contribution in [2.24, 2.45) is 0 Å². The van der Waals surface area contributed by atoms with E-state index in [1.54, 1.807) is 18.6 Å². The first kappa shape index (κ1) is 12.3. The molecule has 0 spiro atoms. The van der Waals surface area contributed by atoms with Gasteiger partial charge in [-0.05, 0) is 19.9 Å². The Morgan fingerprint density at radius 1 is 1.11 bits per heavy atom. The maximum atomic E-state index is 4.30. The van der Waals surface area contributed by atoms with Crippen molar-refractivity contribution in [3.05, 3.63) is 42.1 Å². The number of hydrogen-bond acceptors (Lipinski definition) is 5. The molecule has 2 aromatic heterocycles. The van der Waals surface area contributed by atoms with E-state index < -0.39 is 0 Å². The lowest BCUT2D eigenvalue weighted by Gasteiger charge is -2.08. The SMILES string of the molecule is CCNc1cc(NCc2cnc(C)cn2)ccn1. The molecule has 0 atom stereocenters. The Balaban J connectivity index is 1.97. The molecular weight excluding hydrogens is 226 g/mol. The van der Waals surface area contributed by atoms with Gasteiger partial charge >= 0.3 is 0 Å². The monoisotopic (exact) mass is 243 g/mol. The number of anilines is 2. The van der Waals surface area contributed by atoms with E-state index in [9.17, 15) is 0 Å². The van der Waals surface area contributed by atoms with Crippen molar-refractivity contribution in [2.45, 2.75) is 20.4 Å². The Kier molecular flexibility index (Phi) is 4.06. The summed E-state index contributed by atoms with van der Waals surface area (Å²) in [5, 5.41) is 6.47. The first-order valence-corrected chi connectivity index (χ1v) is 5.99. The van der Waals surface area contributed by atoms with E-state index in [1.807, 2.05) is 26.0 Å². The summed E-state index contributed by atoms with van der Waals surface area (Å²) in [6, 6.07) is 3.91. The molecule has 0 aliphatic carbocycles. The molecule has 5 heteroatoms. The van der Waals surface area contributed by atoms with Gasteiger partial charge < -0.3 is 10.6 Å². The third kappa shape index (κ3) is 3.41. The average molecular weight is 243 g/mol. The number of hydrogen-bond donors (Lipinski definition) is 2. The molecule has 2 N–H and O–H groups in total. The summed E-state index contributed by atoms with van der Waals surface area (Å²) in [7, 11) is 0. The molecule has 2 rings (SSSR count). The van der Waals surface area contributed by atoms with Gasteiger partial charge in [0.15, 0.2) is 0 Å². The topological polar surface area (TPSA) is 62.7 Å². The third-order valence-corrected chi connectivity index (χ3v) is 2.43. The molecule has 0 aliphatic rings. The van der Waals surface area contributed by atoms with Crippen LogP contribution in [0.25, 0.3) is 0 Å². The average Bonchev–Trinajstić information content (AvgIpc) is 2.39. The first-order valence-electron chi connectivity index (χ1n) is 5.99. The van der Waals surface area contributed by atoms with Gasteiger partial charge in [-0.15, -0.1) is 0 Å². The number of rotatable bonds is 5. The van der Waals surface area contributed by atoms with Crippen LogP contribution < -0.4 is 10.6 Å². The molecule has 2 aromatic rings. The second kappa shape index (κ2) is 5.95. The highest BCUT2D eigenvalue weighted by Crippen LogP contribution is 2.12. The van der Waals surface area contributed by atoms with Gasteiger partial charge in [-0.25, -0.2) is 4.98 Å². The van der Waals surface area contributed by atoms with Crippen LogP contribution in [0.1, 0.15) is 18.3 Å². The van der Waals surface area contributed by atoms with Crippen molar-refractivity contribution in [1.29, 1.82) is 0 Å². The molecule has 2 heterocycles. The smallest absolute Gasteiger partial charge is 0.127 e. The van der Waals surface area contributed by atoms with Gasteiger partial charge in [0, 0.05) is 30.7 Å². The van der Waals surface area contributed by atoms with E-state index in [4.69, 9.17) is 0 Å². The number of pyridine rings is 1. The molecule has 5 nitrogen and oxygen atoms in total. The van der Waals surface area contributed by atoms with Crippen molar-refractivity contribution in [1.82, 2.24) is 15.0 Å². The number of aromatic nitrogens is 3. The number of nitrogens with one attached hydrogen (secondary N) is 2.